The van der Waals surface area contributed by atoms with Crippen LogP contribution in [0.4, 0.5) is 0 Å². The second kappa shape index (κ2) is 5.52. The first-order chi connectivity index (χ1) is 4.76. The molecule has 0 aliphatic heterocycles. The van der Waals surface area contributed by atoms with Crippen molar-refractivity contribution in [3.63, 3.8) is 0 Å². The molecule has 0 radical (unpaired) electrons. The zero-order valence-electron chi connectivity index (χ0n) is 7.56. The molecule has 0 aromatic rings. The van der Waals surface area contributed by atoms with E-state index in [2.05, 4.69) is 33.4 Å². The first-order valence-electron chi connectivity index (χ1n) is 4.38. The van der Waals surface area contributed by atoms with Crippen LogP contribution in [0.3, 0.4) is 0 Å². The normalized spacial score (nSPS) is 16.3. The highest BCUT2D eigenvalue weighted by Gasteiger charge is 2.09. The zero-order valence-corrected chi connectivity index (χ0v) is 7.56. The van der Waals surface area contributed by atoms with Crippen LogP contribution in [-0.4, -0.2) is 0 Å². The molecule has 0 saturated carbocycles. The molecule has 0 aromatic carbocycles. The predicted octanol–water partition coefficient (Wildman–Crippen LogP) is 3.63. The summed E-state index contributed by atoms with van der Waals surface area (Å²) in [6.45, 7) is 10.6. The Hall–Kier alpha value is -0.260. The third-order valence-electron chi connectivity index (χ3n) is 2.25. The second-order valence-corrected chi connectivity index (χ2v) is 3.07. The number of allylic oxidation sites excluding steroid dienone is 1. The highest BCUT2D eigenvalue weighted by molar-refractivity contribution is 4.81. The van der Waals surface area contributed by atoms with Gasteiger partial charge in [-0.3, -0.25) is 0 Å². The van der Waals surface area contributed by atoms with E-state index in [4.69, 9.17) is 0 Å². The Morgan fingerprint density at radius 1 is 1.40 bits per heavy atom. The smallest absolute Gasteiger partial charge is 0.0213 e. The van der Waals surface area contributed by atoms with Crippen LogP contribution >= 0.6 is 0 Å². The average molecular weight is 140 g/mol. The number of hydrogen-bond donors (Lipinski definition) is 0. The van der Waals surface area contributed by atoms with Crippen molar-refractivity contribution in [1.82, 2.24) is 0 Å². The molecule has 0 heterocycles. The SMILES string of the molecule is C=CC(CC)C(C)CCC. The van der Waals surface area contributed by atoms with E-state index in [1.165, 1.54) is 19.3 Å². The van der Waals surface area contributed by atoms with Gasteiger partial charge in [-0.2, -0.15) is 0 Å². The summed E-state index contributed by atoms with van der Waals surface area (Å²) in [6, 6.07) is 0. The number of rotatable bonds is 5. The summed E-state index contributed by atoms with van der Waals surface area (Å²) in [4.78, 5) is 0. The van der Waals surface area contributed by atoms with Gasteiger partial charge in [0.15, 0.2) is 0 Å². The summed E-state index contributed by atoms with van der Waals surface area (Å²) in [5.74, 6) is 1.56. The lowest BCUT2D eigenvalue weighted by Gasteiger charge is -2.17. The lowest BCUT2D eigenvalue weighted by molar-refractivity contribution is 0.389. The molecule has 0 heteroatoms. The van der Waals surface area contributed by atoms with Gasteiger partial charge < -0.3 is 0 Å². The fourth-order valence-electron chi connectivity index (χ4n) is 1.47. The molecule has 60 valence electrons. The summed E-state index contributed by atoms with van der Waals surface area (Å²) < 4.78 is 0. The van der Waals surface area contributed by atoms with Crippen LogP contribution in [0.5, 0.6) is 0 Å². The Morgan fingerprint density at radius 3 is 2.30 bits per heavy atom. The minimum Gasteiger partial charge on any atom is -0.103 e. The van der Waals surface area contributed by atoms with Gasteiger partial charge in [-0.05, 0) is 18.3 Å². The summed E-state index contributed by atoms with van der Waals surface area (Å²) in [5.41, 5.74) is 0. The predicted molar refractivity (Wildman–Crippen MR) is 48.1 cm³/mol. The van der Waals surface area contributed by atoms with E-state index in [1.54, 1.807) is 0 Å². The second-order valence-electron chi connectivity index (χ2n) is 3.07. The molecule has 0 aliphatic rings. The maximum absolute atomic E-state index is 3.84. The molecule has 0 rings (SSSR count). The summed E-state index contributed by atoms with van der Waals surface area (Å²) >= 11 is 0. The van der Waals surface area contributed by atoms with Gasteiger partial charge >= 0.3 is 0 Å². The highest BCUT2D eigenvalue weighted by Crippen LogP contribution is 2.20. The lowest BCUT2D eigenvalue weighted by Crippen LogP contribution is -2.06. The zero-order chi connectivity index (χ0) is 7.98. The first kappa shape index (κ1) is 9.74. The molecule has 0 saturated heterocycles. The van der Waals surface area contributed by atoms with Crippen LogP contribution in [0.2, 0.25) is 0 Å². The summed E-state index contributed by atoms with van der Waals surface area (Å²) in [7, 11) is 0. The van der Waals surface area contributed by atoms with Crippen molar-refractivity contribution in [1.29, 1.82) is 0 Å². The fraction of sp³-hybridized carbons (Fsp3) is 0.800. The third kappa shape index (κ3) is 3.05. The molecule has 0 N–H and O–H groups in total. The Labute approximate surface area is 65.3 Å². The van der Waals surface area contributed by atoms with E-state index in [0.29, 0.717) is 0 Å². The van der Waals surface area contributed by atoms with Crippen molar-refractivity contribution in [2.45, 2.75) is 40.0 Å². The Balaban J connectivity index is 3.63. The minimum atomic E-state index is 0.736. The number of hydrogen-bond acceptors (Lipinski definition) is 0. The Kier molecular flexibility index (Phi) is 5.38. The molecule has 10 heavy (non-hydrogen) atoms. The van der Waals surface area contributed by atoms with E-state index < -0.39 is 0 Å². The maximum atomic E-state index is 3.84. The van der Waals surface area contributed by atoms with Gasteiger partial charge in [-0.15, -0.1) is 6.58 Å². The fourth-order valence-corrected chi connectivity index (χ4v) is 1.47. The molecule has 2 unspecified atom stereocenters. The molecule has 0 aliphatic carbocycles. The van der Waals surface area contributed by atoms with Crippen LogP contribution in [0.1, 0.15) is 40.0 Å². The lowest BCUT2D eigenvalue weighted by atomic mass is 9.88. The molecule has 0 amide bonds. The van der Waals surface area contributed by atoms with Gasteiger partial charge in [0, 0.05) is 0 Å². The molecule has 0 bridgehead atoms. The standard InChI is InChI=1S/C10H20/c1-5-8-9(4)10(6-2)7-3/h6,9-10H,2,5,7-8H2,1,3-4H3. The summed E-state index contributed by atoms with van der Waals surface area (Å²) in [5, 5.41) is 0. The molecule has 0 spiro atoms. The molecular weight excluding hydrogens is 120 g/mol. The van der Waals surface area contributed by atoms with Crippen LogP contribution in [0, 0.1) is 11.8 Å². The van der Waals surface area contributed by atoms with E-state index in [0.717, 1.165) is 11.8 Å². The summed E-state index contributed by atoms with van der Waals surface area (Å²) in [6.07, 6.45) is 5.97. The molecular formula is C10H20. The minimum absolute atomic E-state index is 0.736. The van der Waals surface area contributed by atoms with E-state index in [-0.39, 0.29) is 0 Å². The maximum Gasteiger partial charge on any atom is -0.0213 e. The van der Waals surface area contributed by atoms with Gasteiger partial charge in [0.25, 0.3) is 0 Å². The van der Waals surface area contributed by atoms with Crippen molar-refractivity contribution < 1.29 is 0 Å². The van der Waals surface area contributed by atoms with E-state index in [1.807, 2.05) is 0 Å². The van der Waals surface area contributed by atoms with E-state index >= 15 is 0 Å². The van der Waals surface area contributed by atoms with Crippen LogP contribution in [0.25, 0.3) is 0 Å². The van der Waals surface area contributed by atoms with Crippen molar-refractivity contribution >= 4 is 0 Å². The van der Waals surface area contributed by atoms with Crippen LogP contribution < -0.4 is 0 Å². The van der Waals surface area contributed by atoms with Gasteiger partial charge in [-0.25, -0.2) is 0 Å². The molecule has 0 aromatic heterocycles. The first-order valence-corrected chi connectivity index (χ1v) is 4.38. The quantitative estimate of drug-likeness (QED) is 0.511. The van der Waals surface area contributed by atoms with Gasteiger partial charge in [0.2, 0.25) is 0 Å². The van der Waals surface area contributed by atoms with Gasteiger partial charge in [0.05, 0.1) is 0 Å². The average Bonchev–Trinajstić information content (AvgIpc) is 1.91. The van der Waals surface area contributed by atoms with Gasteiger partial charge in [-0.1, -0.05) is 39.7 Å². The third-order valence-corrected chi connectivity index (χ3v) is 2.25. The Morgan fingerprint density at radius 2 is 2.00 bits per heavy atom. The molecule has 0 nitrogen and oxygen atoms in total. The van der Waals surface area contributed by atoms with Gasteiger partial charge in [0.1, 0.15) is 0 Å². The highest BCUT2D eigenvalue weighted by atomic mass is 14.1. The van der Waals surface area contributed by atoms with Crippen LogP contribution in [-0.2, 0) is 0 Å². The Bertz CT molecular complexity index is 84.0. The van der Waals surface area contributed by atoms with Crippen molar-refractivity contribution in [3.05, 3.63) is 12.7 Å². The monoisotopic (exact) mass is 140 g/mol. The van der Waals surface area contributed by atoms with Crippen molar-refractivity contribution in [2.24, 2.45) is 11.8 Å². The van der Waals surface area contributed by atoms with E-state index in [9.17, 15) is 0 Å². The molecule has 0 fully saturated rings. The van der Waals surface area contributed by atoms with Crippen molar-refractivity contribution in [3.8, 4) is 0 Å². The largest absolute Gasteiger partial charge is 0.103 e. The topological polar surface area (TPSA) is 0 Å². The van der Waals surface area contributed by atoms with Crippen LogP contribution in [0.15, 0.2) is 12.7 Å². The molecule has 2 atom stereocenters. The van der Waals surface area contributed by atoms with Crippen molar-refractivity contribution in [2.75, 3.05) is 0 Å².